The minimum absolute atomic E-state index is 0.0839. The van der Waals surface area contributed by atoms with Gasteiger partial charge in [0.05, 0.1) is 24.2 Å². The predicted octanol–water partition coefficient (Wildman–Crippen LogP) is 4.57. The smallest absolute Gasteiger partial charge is 0.248 e. The summed E-state index contributed by atoms with van der Waals surface area (Å²) in [5, 5.41) is 2.38. The van der Waals surface area contributed by atoms with Crippen LogP contribution in [0.1, 0.15) is 22.2 Å². The zero-order valence-electron chi connectivity index (χ0n) is 19.8. The van der Waals surface area contributed by atoms with Crippen molar-refractivity contribution in [2.24, 2.45) is 0 Å². The van der Waals surface area contributed by atoms with Crippen LogP contribution in [0.15, 0.2) is 105 Å². The van der Waals surface area contributed by atoms with Gasteiger partial charge in [-0.05, 0) is 70.9 Å². The fourth-order valence-corrected chi connectivity index (χ4v) is 5.98. The Hall–Kier alpha value is -4.06. The first-order valence-electron chi connectivity index (χ1n) is 11.5. The Bertz CT molecular complexity index is 1700. The summed E-state index contributed by atoms with van der Waals surface area (Å²) in [5.74, 6) is -0.668. The molecule has 38 heavy (non-hydrogen) atoms. The van der Waals surface area contributed by atoms with Crippen molar-refractivity contribution in [2.45, 2.75) is 24.0 Å². The van der Waals surface area contributed by atoms with Crippen molar-refractivity contribution in [2.75, 3.05) is 0 Å². The summed E-state index contributed by atoms with van der Waals surface area (Å²) in [7, 11) is -4.26. The quantitative estimate of drug-likeness (QED) is 0.279. The number of H-pyrrole nitrogens is 1. The van der Waals surface area contributed by atoms with Crippen LogP contribution in [0.2, 0.25) is 0 Å². The predicted molar refractivity (Wildman–Crippen MR) is 141 cm³/mol. The Morgan fingerprint density at radius 2 is 1.89 bits per heavy atom. The van der Waals surface area contributed by atoms with Crippen LogP contribution in [0.25, 0.3) is 10.9 Å². The standard InChI is InChI=1S/C27H22FN3O5S2/c28-20-5-1-4-19(14-20)26(27(33)31(16-21-6-2-12-36-21)17-22-7-3-13-37-22)30-38(34,35)23-9-10-24-18(15-23)8-11-25(32)29-24/h1-15,26,30H,16-17H2,(H,29,32)/t26-/m1/s1. The van der Waals surface area contributed by atoms with E-state index in [4.69, 9.17) is 4.42 Å². The Morgan fingerprint density at radius 3 is 2.63 bits per heavy atom. The highest BCUT2D eigenvalue weighted by atomic mass is 32.2. The van der Waals surface area contributed by atoms with Crippen molar-refractivity contribution in [1.29, 1.82) is 0 Å². The van der Waals surface area contributed by atoms with Crippen molar-refractivity contribution < 1.29 is 22.0 Å². The molecule has 5 rings (SSSR count). The summed E-state index contributed by atoms with van der Waals surface area (Å²) in [4.78, 5) is 30.4. The lowest BCUT2D eigenvalue weighted by Crippen LogP contribution is -2.42. The maximum atomic E-state index is 14.2. The molecule has 3 aromatic heterocycles. The number of halogens is 1. The van der Waals surface area contributed by atoms with Gasteiger partial charge in [-0.1, -0.05) is 18.2 Å². The van der Waals surface area contributed by atoms with Crippen LogP contribution in [0, 0.1) is 5.82 Å². The lowest BCUT2D eigenvalue weighted by Gasteiger charge is -2.27. The second kappa shape index (κ2) is 10.7. The molecule has 1 atom stereocenters. The fourth-order valence-electron chi connectivity index (χ4n) is 4.05. The molecule has 0 radical (unpaired) electrons. The molecule has 2 N–H and O–H groups in total. The van der Waals surface area contributed by atoms with Crippen LogP contribution < -0.4 is 10.3 Å². The second-order valence-corrected chi connectivity index (χ2v) is 11.3. The first kappa shape index (κ1) is 25.6. The molecule has 0 aliphatic rings. The van der Waals surface area contributed by atoms with Gasteiger partial charge in [0.2, 0.25) is 21.5 Å². The third kappa shape index (κ3) is 5.75. The number of aromatic nitrogens is 1. The number of aromatic amines is 1. The van der Waals surface area contributed by atoms with E-state index in [-0.39, 0.29) is 29.1 Å². The van der Waals surface area contributed by atoms with Crippen LogP contribution in [0.4, 0.5) is 4.39 Å². The number of furan rings is 1. The summed E-state index contributed by atoms with van der Waals surface area (Å²) in [6, 6.07) is 18.0. The average Bonchev–Trinajstić information content (AvgIpc) is 3.61. The molecule has 11 heteroatoms. The van der Waals surface area contributed by atoms with Crippen molar-refractivity contribution in [3.8, 4) is 0 Å². The number of thiophene rings is 1. The molecule has 0 spiro atoms. The van der Waals surface area contributed by atoms with Crippen molar-refractivity contribution >= 4 is 38.2 Å². The van der Waals surface area contributed by atoms with E-state index < -0.39 is 27.8 Å². The monoisotopic (exact) mass is 551 g/mol. The highest BCUT2D eigenvalue weighted by Crippen LogP contribution is 2.25. The number of carbonyl (C=O) groups excluding carboxylic acids is 1. The van der Waals surface area contributed by atoms with Crippen molar-refractivity contribution in [3.63, 3.8) is 0 Å². The minimum atomic E-state index is -4.26. The number of nitrogens with zero attached hydrogens (tertiary/aromatic N) is 1. The molecule has 194 valence electrons. The van der Waals surface area contributed by atoms with Gasteiger partial charge in [-0.3, -0.25) is 9.59 Å². The van der Waals surface area contributed by atoms with Gasteiger partial charge in [0.15, 0.2) is 0 Å². The van der Waals surface area contributed by atoms with Crippen LogP contribution in [-0.4, -0.2) is 24.2 Å². The third-order valence-corrected chi connectivity index (χ3v) is 8.15. The lowest BCUT2D eigenvalue weighted by atomic mass is 10.1. The van der Waals surface area contributed by atoms with Crippen LogP contribution in [0.5, 0.6) is 0 Å². The number of pyridine rings is 1. The SMILES string of the molecule is O=C([C@H](NS(=O)(=O)c1ccc2[nH]c(=O)ccc2c1)c1cccc(F)c1)N(Cc1ccco1)Cc1cccs1. The largest absolute Gasteiger partial charge is 0.467 e. The number of fused-ring (bicyclic) bond motifs is 1. The van der Waals surface area contributed by atoms with Gasteiger partial charge in [-0.25, -0.2) is 12.8 Å². The van der Waals surface area contributed by atoms with Gasteiger partial charge in [0.25, 0.3) is 0 Å². The second-order valence-electron chi connectivity index (χ2n) is 8.53. The van der Waals surface area contributed by atoms with Gasteiger partial charge in [-0.15, -0.1) is 11.3 Å². The van der Waals surface area contributed by atoms with E-state index in [2.05, 4.69) is 9.71 Å². The summed E-state index contributed by atoms with van der Waals surface area (Å²) >= 11 is 1.45. The minimum Gasteiger partial charge on any atom is -0.467 e. The molecule has 0 fully saturated rings. The first-order chi connectivity index (χ1) is 18.3. The molecule has 0 unspecified atom stereocenters. The number of nitrogens with one attached hydrogen (secondary N) is 2. The zero-order chi connectivity index (χ0) is 26.7. The van der Waals surface area contributed by atoms with Gasteiger partial charge in [0, 0.05) is 16.5 Å². The van der Waals surface area contributed by atoms with E-state index in [1.807, 2.05) is 17.5 Å². The summed E-state index contributed by atoms with van der Waals surface area (Å²) in [6.45, 7) is 0.286. The molecule has 0 aliphatic carbocycles. The first-order valence-corrected chi connectivity index (χ1v) is 13.9. The van der Waals surface area contributed by atoms with E-state index >= 15 is 0 Å². The van der Waals surface area contributed by atoms with Gasteiger partial charge < -0.3 is 14.3 Å². The Kier molecular flexibility index (Phi) is 7.23. The number of hydrogen-bond acceptors (Lipinski definition) is 6. The van der Waals surface area contributed by atoms with Gasteiger partial charge in [-0.2, -0.15) is 4.72 Å². The molecule has 2 aromatic carbocycles. The molecule has 1 amide bonds. The molecule has 3 heterocycles. The van der Waals surface area contributed by atoms with E-state index in [1.54, 1.807) is 12.1 Å². The molecule has 0 aliphatic heterocycles. The number of benzene rings is 2. The molecule has 0 saturated carbocycles. The van der Waals surface area contributed by atoms with Crippen LogP contribution >= 0.6 is 11.3 Å². The van der Waals surface area contributed by atoms with Gasteiger partial charge in [0.1, 0.15) is 17.6 Å². The number of amides is 1. The van der Waals surface area contributed by atoms with E-state index in [1.165, 1.54) is 71.0 Å². The lowest BCUT2D eigenvalue weighted by molar-refractivity contribution is -0.134. The molecular weight excluding hydrogens is 529 g/mol. The van der Waals surface area contributed by atoms with E-state index in [0.29, 0.717) is 16.7 Å². The van der Waals surface area contributed by atoms with Crippen LogP contribution in [0.3, 0.4) is 0 Å². The maximum Gasteiger partial charge on any atom is 0.248 e. The fraction of sp³-hybridized carbons (Fsp3) is 0.111. The average molecular weight is 552 g/mol. The summed E-state index contributed by atoms with van der Waals surface area (Å²) in [5.41, 5.74) is 0.305. The third-order valence-electron chi connectivity index (χ3n) is 5.87. The highest BCUT2D eigenvalue weighted by molar-refractivity contribution is 7.89. The number of hydrogen-bond donors (Lipinski definition) is 2. The van der Waals surface area contributed by atoms with E-state index in [0.717, 1.165) is 10.9 Å². The van der Waals surface area contributed by atoms with Crippen molar-refractivity contribution in [1.82, 2.24) is 14.6 Å². The molecular formula is C27H22FN3O5S2. The van der Waals surface area contributed by atoms with Gasteiger partial charge >= 0.3 is 0 Å². The number of rotatable bonds is 9. The van der Waals surface area contributed by atoms with Crippen molar-refractivity contribution in [3.05, 3.63) is 123 Å². The highest BCUT2D eigenvalue weighted by Gasteiger charge is 2.32. The summed E-state index contributed by atoms with van der Waals surface area (Å²) < 4.78 is 49.2. The number of carbonyl (C=O) groups is 1. The normalized spacial score (nSPS) is 12.4. The van der Waals surface area contributed by atoms with E-state index in [9.17, 15) is 22.4 Å². The zero-order valence-corrected chi connectivity index (χ0v) is 21.5. The summed E-state index contributed by atoms with van der Waals surface area (Å²) in [6.07, 6.45) is 1.49. The Balaban J connectivity index is 1.52. The maximum absolute atomic E-state index is 14.2. The Labute approximate surface area is 221 Å². The Morgan fingerprint density at radius 1 is 1.03 bits per heavy atom. The van der Waals surface area contributed by atoms with Crippen LogP contribution in [-0.2, 0) is 27.9 Å². The number of sulfonamides is 1. The molecule has 8 nitrogen and oxygen atoms in total. The topological polar surface area (TPSA) is 112 Å². The molecule has 0 bridgehead atoms. The molecule has 0 saturated heterocycles. The molecule has 5 aromatic rings.